The Hall–Kier alpha value is -7.22. The third kappa shape index (κ3) is 6.80. The predicted octanol–water partition coefficient (Wildman–Crippen LogP) is 11.4. The fourth-order valence-corrected chi connectivity index (χ4v) is 6.46. The number of hydrogen-bond donors (Lipinski definition) is 0. The summed E-state index contributed by atoms with van der Waals surface area (Å²) in [6.07, 6.45) is 0. The van der Waals surface area contributed by atoms with Gasteiger partial charge in [0.2, 0.25) is 0 Å². The van der Waals surface area contributed by atoms with Gasteiger partial charge in [-0.05, 0) is 68.8 Å². The second kappa shape index (κ2) is 14.7. The van der Waals surface area contributed by atoms with Crippen LogP contribution >= 0.6 is 0 Å². The lowest BCUT2D eigenvalue weighted by atomic mass is 9.85. The zero-order chi connectivity index (χ0) is 35.1. The Labute approximate surface area is 303 Å². The monoisotopic (exact) mass is 664 g/mol. The van der Waals surface area contributed by atoms with Crippen molar-refractivity contribution >= 4 is 11.1 Å². The van der Waals surface area contributed by atoms with Crippen molar-refractivity contribution in [3.05, 3.63) is 222 Å². The Morgan fingerprint density at radius 2 is 0.712 bits per heavy atom. The van der Waals surface area contributed by atoms with Gasteiger partial charge >= 0.3 is 0 Å². The van der Waals surface area contributed by atoms with E-state index in [2.05, 4.69) is 133 Å². The Morgan fingerprint density at radius 1 is 0.327 bits per heavy atom. The molecule has 4 heteroatoms. The van der Waals surface area contributed by atoms with Crippen molar-refractivity contribution in [3.8, 4) is 51.4 Å². The molecule has 0 aliphatic rings. The maximum absolute atomic E-state index is 9.29. The van der Waals surface area contributed by atoms with Crippen LogP contribution in [-0.4, -0.2) is 15.0 Å². The molecule has 0 fully saturated rings. The summed E-state index contributed by atoms with van der Waals surface area (Å²) in [7, 11) is 0. The van der Waals surface area contributed by atoms with Gasteiger partial charge in [0.05, 0.1) is 11.6 Å². The normalized spacial score (nSPS) is 10.7. The largest absolute Gasteiger partial charge is 0.208 e. The van der Waals surface area contributed by atoms with E-state index in [9.17, 15) is 5.26 Å². The third-order valence-electron chi connectivity index (χ3n) is 8.98. The standard InChI is InChI=1S/C48H32N4/c49-33-34-27-29-35(30-28-34)40-23-13-25-42(31-40)47-50-46(39-21-11-4-12-22-39)51-48(52-47)43-26-14-24-41(32-43)45(38-19-9-3-10-20-38)44(36-15-5-1-6-16-36)37-17-7-2-8-18-37/h1-32H. The Kier molecular flexibility index (Phi) is 9.06. The molecule has 4 nitrogen and oxygen atoms in total. The van der Waals surface area contributed by atoms with E-state index in [1.807, 2.05) is 66.7 Å². The van der Waals surface area contributed by atoms with E-state index in [4.69, 9.17) is 15.0 Å². The van der Waals surface area contributed by atoms with Crippen molar-refractivity contribution in [2.45, 2.75) is 0 Å². The molecule has 0 saturated heterocycles. The molecule has 0 spiro atoms. The average molecular weight is 665 g/mol. The summed E-state index contributed by atoms with van der Waals surface area (Å²) in [5.41, 5.74) is 12.0. The van der Waals surface area contributed by atoms with Crippen molar-refractivity contribution < 1.29 is 0 Å². The highest BCUT2D eigenvalue weighted by Gasteiger charge is 2.18. The molecule has 0 amide bonds. The highest BCUT2D eigenvalue weighted by molar-refractivity contribution is 6.04. The first-order chi connectivity index (χ1) is 25.7. The average Bonchev–Trinajstić information content (AvgIpc) is 3.24. The molecule has 1 aromatic heterocycles. The van der Waals surface area contributed by atoms with Crippen LogP contribution in [0.25, 0.3) is 56.4 Å². The first-order valence-corrected chi connectivity index (χ1v) is 17.2. The lowest BCUT2D eigenvalue weighted by Crippen LogP contribution is -2.01. The van der Waals surface area contributed by atoms with Gasteiger partial charge in [-0.2, -0.15) is 5.26 Å². The van der Waals surface area contributed by atoms with Crippen LogP contribution in [0.5, 0.6) is 0 Å². The zero-order valence-corrected chi connectivity index (χ0v) is 28.3. The van der Waals surface area contributed by atoms with Crippen LogP contribution in [0.1, 0.15) is 27.8 Å². The molecule has 0 radical (unpaired) electrons. The van der Waals surface area contributed by atoms with E-state index >= 15 is 0 Å². The van der Waals surface area contributed by atoms with E-state index < -0.39 is 0 Å². The van der Waals surface area contributed by atoms with Gasteiger partial charge in [-0.1, -0.05) is 170 Å². The van der Waals surface area contributed by atoms with E-state index in [0.29, 0.717) is 23.0 Å². The molecule has 1 heterocycles. The first kappa shape index (κ1) is 32.0. The van der Waals surface area contributed by atoms with Crippen LogP contribution in [0, 0.1) is 11.3 Å². The number of nitriles is 1. The molecule has 0 bridgehead atoms. The third-order valence-corrected chi connectivity index (χ3v) is 8.98. The lowest BCUT2D eigenvalue weighted by Gasteiger charge is -2.18. The second-order valence-corrected chi connectivity index (χ2v) is 12.4. The Balaban J connectivity index is 1.31. The zero-order valence-electron chi connectivity index (χ0n) is 28.3. The summed E-state index contributed by atoms with van der Waals surface area (Å²) in [6, 6.07) is 68.2. The fourth-order valence-electron chi connectivity index (χ4n) is 6.46. The number of nitrogens with zero attached hydrogens (tertiary/aromatic N) is 4. The van der Waals surface area contributed by atoms with Crippen LogP contribution < -0.4 is 0 Å². The lowest BCUT2D eigenvalue weighted by molar-refractivity contribution is 1.07. The number of aromatic nitrogens is 3. The van der Waals surface area contributed by atoms with Crippen LogP contribution in [0.2, 0.25) is 0 Å². The maximum atomic E-state index is 9.29. The van der Waals surface area contributed by atoms with Gasteiger partial charge in [-0.15, -0.1) is 0 Å². The SMILES string of the molecule is N#Cc1ccc(-c2cccc(-c3nc(-c4ccccc4)nc(-c4cccc(C(=C(c5ccccc5)c5ccccc5)c5ccccc5)c4)n3)c2)cc1. The Morgan fingerprint density at radius 3 is 1.23 bits per heavy atom. The molecular weight excluding hydrogens is 633 g/mol. The van der Waals surface area contributed by atoms with Crippen molar-refractivity contribution in [1.29, 1.82) is 5.26 Å². The van der Waals surface area contributed by atoms with Crippen molar-refractivity contribution in [1.82, 2.24) is 15.0 Å². The van der Waals surface area contributed by atoms with Crippen LogP contribution in [0.4, 0.5) is 0 Å². The van der Waals surface area contributed by atoms with Crippen molar-refractivity contribution in [3.63, 3.8) is 0 Å². The van der Waals surface area contributed by atoms with Gasteiger partial charge in [0.1, 0.15) is 0 Å². The molecule has 0 atom stereocenters. The molecule has 0 unspecified atom stereocenters. The van der Waals surface area contributed by atoms with E-state index in [0.717, 1.165) is 61.2 Å². The minimum absolute atomic E-state index is 0.581. The molecule has 0 aliphatic heterocycles. The summed E-state index contributed by atoms with van der Waals surface area (Å²) in [6.45, 7) is 0. The van der Waals surface area contributed by atoms with Crippen LogP contribution in [0.15, 0.2) is 194 Å². The topological polar surface area (TPSA) is 62.5 Å². The highest BCUT2D eigenvalue weighted by Crippen LogP contribution is 2.38. The summed E-state index contributed by atoms with van der Waals surface area (Å²) >= 11 is 0. The van der Waals surface area contributed by atoms with Gasteiger partial charge < -0.3 is 0 Å². The molecule has 0 aliphatic carbocycles. The highest BCUT2D eigenvalue weighted by atomic mass is 15.0. The number of benzene rings is 7. The minimum atomic E-state index is 0.581. The number of rotatable bonds is 8. The summed E-state index contributed by atoms with van der Waals surface area (Å²) in [5.74, 6) is 1.77. The molecule has 0 saturated carbocycles. The summed E-state index contributed by atoms with van der Waals surface area (Å²) in [5, 5.41) is 9.29. The summed E-state index contributed by atoms with van der Waals surface area (Å²) < 4.78 is 0. The van der Waals surface area contributed by atoms with Crippen LogP contribution in [-0.2, 0) is 0 Å². The molecule has 7 aromatic carbocycles. The van der Waals surface area contributed by atoms with Gasteiger partial charge in [-0.3, -0.25) is 0 Å². The van der Waals surface area contributed by atoms with E-state index in [-0.39, 0.29) is 0 Å². The van der Waals surface area contributed by atoms with Gasteiger partial charge in [-0.25, -0.2) is 15.0 Å². The van der Waals surface area contributed by atoms with E-state index in [1.54, 1.807) is 0 Å². The van der Waals surface area contributed by atoms with Gasteiger partial charge in [0.25, 0.3) is 0 Å². The predicted molar refractivity (Wildman–Crippen MR) is 211 cm³/mol. The maximum Gasteiger partial charge on any atom is 0.164 e. The van der Waals surface area contributed by atoms with Gasteiger partial charge in [0, 0.05) is 16.7 Å². The van der Waals surface area contributed by atoms with Crippen molar-refractivity contribution in [2.24, 2.45) is 0 Å². The Bertz CT molecular complexity index is 2500. The van der Waals surface area contributed by atoms with Crippen molar-refractivity contribution in [2.75, 3.05) is 0 Å². The minimum Gasteiger partial charge on any atom is -0.208 e. The molecule has 52 heavy (non-hydrogen) atoms. The molecule has 244 valence electrons. The molecule has 8 aromatic rings. The second-order valence-electron chi connectivity index (χ2n) is 12.4. The van der Waals surface area contributed by atoms with Gasteiger partial charge in [0.15, 0.2) is 17.5 Å². The molecule has 8 rings (SSSR count). The summed E-state index contributed by atoms with van der Waals surface area (Å²) in [4.78, 5) is 15.2. The fraction of sp³-hybridized carbons (Fsp3) is 0. The van der Waals surface area contributed by atoms with Crippen LogP contribution in [0.3, 0.4) is 0 Å². The molecule has 0 N–H and O–H groups in total. The first-order valence-electron chi connectivity index (χ1n) is 17.2. The quantitative estimate of drug-likeness (QED) is 0.152. The molecular formula is C48H32N4. The van der Waals surface area contributed by atoms with E-state index in [1.165, 1.54) is 0 Å². The smallest absolute Gasteiger partial charge is 0.164 e. The number of hydrogen-bond acceptors (Lipinski definition) is 4.